The summed E-state index contributed by atoms with van der Waals surface area (Å²) in [5, 5.41) is 7.14. The molecule has 3 heterocycles. The van der Waals surface area contributed by atoms with Gasteiger partial charge in [0.25, 0.3) is 11.8 Å². The van der Waals surface area contributed by atoms with Gasteiger partial charge in [-0.05, 0) is 43.7 Å². The number of likely N-dealkylation sites (N-methyl/N-ethyl adjacent to an activating group) is 1. The molecule has 2 atom stereocenters. The number of nitrogens with one attached hydrogen (secondary N) is 1. The van der Waals surface area contributed by atoms with Gasteiger partial charge >= 0.3 is 6.18 Å². The summed E-state index contributed by atoms with van der Waals surface area (Å²) in [6.07, 6.45) is -4.70. The van der Waals surface area contributed by atoms with E-state index in [4.69, 9.17) is 5.10 Å². The second-order valence-corrected chi connectivity index (χ2v) is 9.53. The van der Waals surface area contributed by atoms with Crippen molar-refractivity contribution in [1.82, 2.24) is 20.1 Å². The monoisotopic (exact) mass is 543 g/mol. The number of hydrogen-bond acceptors (Lipinski definition) is 5. The first-order valence-electron chi connectivity index (χ1n) is 11.7. The minimum atomic E-state index is -4.70. The lowest BCUT2D eigenvalue weighted by Gasteiger charge is -2.38. The topological polar surface area (TPSA) is 80.1 Å². The Bertz CT molecular complexity index is 1500. The van der Waals surface area contributed by atoms with Gasteiger partial charge in [-0.3, -0.25) is 14.5 Å². The predicted molar refractivity (Wildman–Crippen MR) is 133 cm³/mol. The Kier molecular flexibility index (Phi) is 6.51. The van der Waals surface area contributed by atoms with Gasteiger partial charge < -0.3 is 5.32 Å². The fourth-order valence-corrected chi connectivity index (χ4v) is 5.35. The second-order valence-electron chi connectivity index (χ2n) is 8.67. The first-order valence-corrected chi connectivity index (χ1v) is 12.5. The van der Waals surface area contributed by atoms with E-state index in [0.29, 0.717) is 39.7 Å². The van der Waals surface area contributed by atoms with Gasteiger partial charge in [0.1, 0.15) is 23.4 Å². The van der Waals surface area contributed by atoms with Crippen LogP contribution in [0.5, 0.6) is 0 Å². The molecule has 0 aliphatic carbocycles. The highest BCUT2D eigenvalue weighted by molar-refractivity contribution is 7.10. The summed E-state index contributed by atoms with van der Waals surface area (Å²) in [5.41, 5.74) is 2.02. The van der Waals surface area contributed by atoms with E-state index in [9.17, 15) is 27.2 Å². The number of benzene rings is 2. The standard InChI is InChI=1S/C26H21F4N5O2S/c1-3-34-23-19(14(2)33-35(23)17-7-5-4-6-8-17)20(15-9-11-16(27)12-10-15)21(24(34)37)32-22(36)18-13-38-25(31-18)26(28,29)30/h4-13,20-21H,3H2,1-2H3,(H,32,36)/t20-,21-/m0/s1. The van der Waals surface area contributed by atoms with Crippen LogP contribution in [0, 0.1) is 12.7 Å². The quantitative estimate of drug-likeness (QED) is 0.356. The van der Waals surface area contributed by atoms with Crippen LogP contribution in [0.4, 0.5) is 23.4 Å². The van der Waals surface area contributed by atoms with Gasteiger partial charge in [-0.25, -0.2) is 14.1 Å². The molecule has 0 bridgehead atoms. The van der Waals surface area contributed by atoms with E-state index in [2.05, 4.69) is 10.3 Å². The molecule has 2 aromatic carbocycles. The molecule has 196 valence electrons. The lowest BCUT2D eigenvalue weighted by Crippen LogP contribution is -2.55. The third-order valence-corrected chi connectivity index (χ3v) is 7.21. The zero-order valence-corrected chi connectivity index (χ0v) is 21.0. The number of carbonyl (C=O) groups excluding carboxylic acids is 2. The van der Waals surface area contributed by atoms with Gasteiger partial charge in [0.05, 0.1) is 11.4 Å². The number of aryl methyl sites for hydroxylation is 1. The lowest BCUT2D eigenvalue weighted by molar-refractivity contribution is -0.137. The number of para-hydroxylation sites is 1. The molecule has 7 nitrogen and oxygen atoms in total. The highest BCUT2D eigenvalue weighted by atomic mass is 32.1. The van der Waals surface area contributed by atoms with Gasteiger partial charge in [0.2, 0.25) is 0 Å². The minimum Gasteiger partial charge on any atom is -0.338 e. The summed E-state index contributed by atoms with van der Waals surface area (Å²) in [4.78, 5) is 31.9. The summed E-state index contributed by atoms with van der Waals surface area (Å²) in [7, 11) is 0. The van der Waals surface area contributed by atoms with Crippen LogP contribution >= 0.6 is 11.3 Å². The molecule has 5 rings (SSSR count). The van der Waals surface area contributed by atoms with Crippen molar-refractivity contribution in [1.29, 1.82) is 0 Å². The molecule has 1 aliphatic heterocycles. The molecule has 0 unspecified atom stereocenters. The maximum Gasteiger partial charge on any atom is 0.443 e. The molecule has 1 N–H and O–H groups in total. The average Bonchev–Trinajstić information content (AvgIpc) is 3.52. The Morgan fingerprint density at radius 3 is 2.39 bits per heavy atom. The molecule has 0 saturated carbocycles. The van der Waals surface area contributed by atoms with Crippen molar-refractivity contribution in [3.63, 3.8) is 0 Å². The van der Waals surface area contributed by atoms with Gasteiger partial charge in [-0.15, -0.1) is 11.3 Å². The smallest absolute Gasteiger partial charge is 0.338 e. The van der Waals surface area contributed by atoms with Crippen molar-refractivity contribution in [2.24, 2.45) is 0 Å². The molecule has 1 aliphatic rings. The zero-order valence-electron chi connectivity index (χ0n) is 20.2. The summed E-state index contributed by atoms with van der Waals surface area (Å²) >= 11 is 0.296. The maximum absolute atomic E-state index is 13.9. The Balaban J connectivity index is 1.64. The number of fused-ring (bicyclic) bond motifs is 1. The normalized spacial score (nSPS) is 17.4. The molecule has 0 fully saturated rings. The molecule has 12 heteroatoms. The number of alkyl halides is 3. The van der Waals surface area contributed by atoms with E-state index < -0.39 is 46.5 Å². The highest BCUT2D eigenvalue weighted by Crippen LogP contribution is 2.43. The van der Waals surface area contributed by atoms with Crippen LogP contribution in [0.3, 0.4) is 0 Å². The van der Waals surface area contributed by atoms with Gasteiger partial charge in [-0.2, -0.15) is 18.3 Å². The minimum absolute atomic E-state index is 0.237. The van der Waals surface area contributed by atoms with E-state index in [0.717, 1.165) is 5.38 Å². The SMILES string of the molecule is CCN1C(=O)[C@@H](NC(=O)c2csc(C(F)(F)F)n2)[C@@H](c2ccc(F)cc2)c2c(C)nn(-c3ccccc3)c21. The molecular weight excluding hydrogens is 522 g/mol. The van der Waals surface area contributed by atoms with Crippen LogP contribution in [0.1, 0.15) is 45.2 Å². The Labute approximate surface area is 218 Å². The summed E-state index contributed by atoms with van der Waals surface area (Å²) in [6.45, 7) is 3.78. The van der Waals surface area contributed by atoms with Crippen LogP contribution < -0.4 is 10.2 Å². The van der Waals surface area contributed by atoms with E-state index in [1.54, 1.807) is 18.5 Å². The Hall–Kier alpha value is -4.06. The second kappa shape index (κ2) is 9.67. The summed E-state index contributed by atoms with van der Waals surface area (Å²) in [6, 6.07) is 13.5. The molecule has 0 radical (unpaired) electrons. The molecular formula is C26H21F4N5O2S. The van der Waals surface area contributed by atoms with E-state index in [1.807, 2.05) is 30.3 Å². The van der Waals surface area contributed by atoms with Crippen LogP contribution in [0.15, 0.2) is 60.0 Å². The predicted octanol–water partition coefficient (Wildman–Crippen LogP) is 5.09. The van der Waals surface area contributed by atoms with Gasteiger partial charge in [0.15, 0.2) is 5.01 Å². The number of halogens is 4. The first-order chi connectivity index (χ1) is 18.1. The number of rotatable bonds is 5. The Morgan fingerprint density at radius 1 is 1.11 bits per heavy atom. The molecule has 0 saturated heterocycles. The number of carbonyl (C=O) groups is 2. The number of anilines is 1. The van der Waals surface area contributed by atoms with Crippen LogP contribution in [0.25, 0.3) is 5.69 Å². The van der Waals surface area contributed by atoms with Crippen LogP contribution in [0.2, 0.25) is 0 Å². The first kappa shape index (κ1) is 25.6. The number of hydrogen-bond donors (Lipinski definition) is 1. The van der Waals surface area contributed by atoms with Crippen molar-refractivity contribution in [2.75, 3.05) is 11.4 Å². The number of aromatic nitrogens is 3. The van der Waals surface area contributed by atoms with Crippen molar-refractivity contribution in [3.8, 4) is 5.69 Å². The number of nitrogens with zero attached hydrogens (tertiary/aromatic N) is 4. The molecule has 2 aromatic heterocycles. The molecule has 2 amide bonds. The van der Waals surface area contributed by atoms with Gasteiger partial charge in [0, 0.05) is 23.4 Å². The van der Waals surface area contributed by atoms with E-state index in [1.165, 1.54) is 29.2 Å². The third kappa shape index (κ3) is 4.44. The summed E-state index contributed by atoms with van der Waals surface area (Å²) in [5.74, 6) is -2.16. The average molecular weight is 544 g/mol. The fourth-order valence-electron chi connectivity index (χ4n) is 4.69. The van der Waals surface area contributed by atoms with Crippen molar-refractivity contribution >= 4 is 29.0 Å². The largest absolute Gasteiger partial charge is 0.443 e. The van der Waals surface area contributed by atoms with Crippen molar-refractivity contribution in [2.45, 2.75) is 32.0 Å². The number of thiazole rings is 1. The van der Waals surface area contributed by atoms with Crippen molar-refractivity contribution < 1.29 is 27.2 Å². The third-order valence-electron chi connectivity index (χ3n) is 6.33. The summed E-state index contributed by atoms with van der Waals surface area (Å²) < 4.78 is 54.7. The fraction of sp³-hybridized carbons (Fsp3) is 0.231. The van der Waals surface area contributed by atoms with Gasteiger partial charge in [-0.1, -0.05) is 30.3 Å². The highest BCUT2D eigenvalue weighted by Gasteiger charge is 2.46. The van der Waals surface area contributed by atoms with Crippen LogP contribution in [-0.2, 0) is 11.0 Å². The number of amides is 2. The molecule has 38 heavy (non-hydrogen) atoms. The van der Waals surface area contributed by atoms with Crippen molar-refractivity contribution in [3.05, 3.63) is 93.3 Å². The Morgan fingerprint density at radius 2 is 1.79 bits per heavy atom. The van der Waals surface area contributed by atoms with E-state index >= 15 is 0 Å². The van der Waals surface area contributed by atoms with Crippen LogP contribution in [-0.4, -0.2) is 39.2 Å². The molecule has 4 aromatic rings. The maximum atomic E-state index is 13.9. The molecule has 0 spiro atoms. The lowest BCUT2D eigenvalue weighted by atomic mass is 9.81. The zero-order chi connectivity index (χ0) is 27.2. The van der Waals surface area contributed by atoms with E-state index in [-0.39, 0.29) is 6.54 Å².